The molecule has 1 aliphatic rings. The van der Waals surface area contributed by atoms with Crippen molar-refractivity contribution in [2.75, 3.05) is 7.11 Å². The molecule has 0 fully saturated rings. The number of hydrogen-bond acceptors (Lipinski definition) is 4. The maximum absolute atomic E-state index is 11.6. The maximum atomic E-state index is 11.6. The van der Waals surface area contributed by atoms with Gasteiger partial charge in [-0.15, -0.1) is 0 Å². The highest BCUT2D eigenvalue weighted by molar-refractivity contribution is 9.12. The van der Waals surface area contributed by atoms with Crippen LogP contribution in [0.25, 0.3) is 0 Å². The third kappa shape index (κ3) is 3.59. The Kier molecular flexibility index (Phi) is 4.76. The average molecular weight is 336 g/mol. The van der Waals surface area contributed by atoms with E-state index in [4.69, 9.17) is 4.74 Å². The highest BCUT2D eigenvalue weighted by atomic mass is 79.9. The number of allylic oxidation sites excluding steroid dienone is 4. The first-order valence-corrected chi connectivity index (χ1v) is 6.78. The standard InChI is InChI=1S/C15H14BrNO3/c1-20-15-7-12(13(16)8-14(15)18)10-17(19)9-11-5-3-2-4-6-11/h2-8,10,19H,9H2,1H3. The molecule has 0 spiro atoms. The molecule has 0 heterocycles. The molecule has 1 aromatic carbocycles. The molecular weight excluding hydrogens is 322 g/mol. The van der Waals surface area contributed by atoms with Gasteiger partial charge in [0.25, 0.3) is 0 Å². The van der Waals surface area contributed by atoms with E-state index in [2.05, 4.69) is 15.9 Å². The van der Waals surface area contributed by atoms with Crippen LogP contribution in [0.4, 0.5) is 0 Å². The molecule has 0 atom stereocenters. The van der Waals surface area contributed by atoms with E-state index in [9.17, 15) is 10.0 Å². The molecule has 4 nitrogen and oxygen atoms in total. The molecule has 0 bridgehead atoms. The second kappa shape index (κ2) is 6.54. The van der Waals surface area contributed by atoms with Crippen LogP contribution in [0.2, 0.25) is 0 Å². The van der Waals surface area contributed by atoms with Crippen LogP contribution in [-0.2, 0) is 16.1 Å². The zero-order chi connectivity index (χ0) is 14.5. The molecule has 1 aliphatic carbocycles. The molecule has 5 heteroatoms. The smallest absolute Gasteiger partial charge is 0.221 e. The van der Waals surface area contributed by atoms with Gasteiger partial charge in [0.05, 0.1) is 13.7 Å². The van der Waals surface area contributed by atoms with Crippen molar-refractivity contribution in [1.82, 2.24) is 5.06 Å². The number of methoxy groups -OCH3 is 1. The van der Waals surface area contributed by atoms with Crippen LogP contribution in [0.5, 0.6) is 0 Å². The van der Waals surface area contributed by atoms with Crippen molar-refractivity contribution in [3.05, 3.63) is 70.1 Å². The third-order valence-electron chi connectivity index (χ3n) is 2.76. The van der Waals surface area contributed by atoms with E-state index in [0.29, 0.717) is 16.6 Å². The van der Waals surface area contributed by atoms with Crippen molar-refractivity contribution in [3.63, 3.8) is 0 Å². The van der Waals surface area contributed by atoms with Gasteiger partial charge >= 0.3 is 0 Å². The lowest BCUT2D eigenvalue weighted by Crippen LogP contribution is -2.14. The van der Waals surface area contributed by atoms with Crippen molar-refractivity contribution in [3.8, 4) is 0 Å². The quantitative estimate of drug-likeness (QED) is 0.858. The van der Waals surface area contributed by atoms with Gasteiger partial charge in [-0.1, -0.05) is 30.3 Å². The van der Waals surface area contributed by atoms with E-state index in [1.807, 2.05) is 30.3 Å². The summed E-state index contributed by atoms with van der Waals surface area (Å²) >= 11 is 3.30. The summed E-state index contributed by atoms with van der Waals surface area (Å²) in [6, 6.07) is 9.59. The summed E-state index contributed by atoms with van der Waals surface area (Å²) in [5.41, 5.74) is 1.65. The fourth-order valence-electron chi connectivity index (χ4n) is 1.79. The molecule has 0 radical (unpaired) electrons. The fourth-order valence-corrected chi connectivity index (χ4v) is 2.21. The van der Waals surface area contributed by atoms with Crippen LogP contribution in [0.1, 0.15) is 5.56 Å². The Labute approximate surface area is 125 Å². The predicted octanol–water partition coefficient (Wildman–Crippen LogP) is 3.15. The number of carbonyl (C=O) groups excluding carboxylic acids is 1. The van der Waals surface area contributed by atoms with Crippen LogP contribution in [-0.4, -0.2) is 23.2 Å². The number of benzene rings is 1. The van der Waals surface area contributed by atoms with E-state index in [0.717, 1.165) is 10.6 Å². The zero-order valence-corrected chi connectivity index (χ0v) is 12.5. The number of hydrogen-bond donors (Lipinski definition) is 1. The molecule has 2 rings (SSSR count). The van der Waals surface area contributed by atoms with Gasteiger partial charge in [0.15, 0.2) is 5.76 Å². The minimum Gasteiger partial charge on any atom is -0.493 e. The highest BCUT2D eigenvalue weighted by Gasteiger charge is 2.17. The first kappa shape index (κ1) is 14.6. The first-order valence-electron chi connectivity index (χ1n) is 5.99. The molecule has 0 saturated heterocycles. The van der Waals surface area contributed by atoms with Crippen molar-refractivity contribution in [2.45, 2.75) is 6.54 Å². The lowest BCUT2D eigenvalue weighted by Gasteiger charge is -2.16. The Morgan fingerprint density at radius 3 is 2.65 bits per heavy atom. The third-order valence-corrected chi connectivity index (χ3v) is 3.45. The largest absolute Gasteiger partial charge is 0.493 e. The Morgan fingerprint density at radius 1 is 1.30 bits per heavy atom. The first-order chi connectivity index (χ1) is 9.60. The number of halogens is 1. The van der Waals surface area contributed by atoms with E-state index in [1.54, 1.807) is 12.3 Å². The van der Waals surface area contributed by atoms with Crippen LogP contribution < -0.4 is 0 Å². The molecule has 0 unspecified atom stereocenters. The summed E-state index contributed by atoms with van der Waals surface area (Å²) in [7, 11) is 1.44. The summed E-state index contributed by atoms with van der Waals surface area (Å²) in [6.07, 6.45) is 4.54. The van der Waals surface area contributed by atoms with Crippen molar-refractivity contribution >= 4 is 21.7 Å². The van der Waals surface area contributed by atoms with Gasteiger partial charge in [0, 0.05) is 22.3 Å². The number of rotatable bonds is 4. The van der Waals surface area contributed by atoms with E-state index >= 15 is 0 Å². The number of ketones is 1. The second-order valence-corrected chi connectivity index (χ2v) is 5.09. The van der Waals surface area contributed by atoms with Gasteiger partial charge in [-0.25, -0.2) is 0 Å². The van der Waals surface area contributed by atoms with E-state index < -0.39 is 0 Å². The normalized spacial score (nSPS) is 16.8. The summed E-state index contributed by atoms with van der Waals surface area (Å²) in [6.45, 7) is 0.356. The molecule has 1 N–H and O–H groups in total. The second-order valence-electron chi connectivity index (χ2n) is 4.24. The molecular formula is C15H14BrNO3. The molecule has 0 aromatic heterocycles. The zero-order valence-electron chi connectivity index (χ0n) is 10.9. The highest BCUT2D eigenvalue weighted by Crippen LogP contribution is 2.26. The van der Waals surface area contributed by atoms with Gasteiger partial charge in [-0.05, 0) is 27.6 Å². The Balaban J connectivity index is 2.15. The molecule has 1 aromatic rings. The van der Waals surface area contributed by atoms with Gasteiger partial charge in [-0.2, -0.15) is 0 Å². The van der Waals surface area contributed by atoms with Gasteiger partial charge < -0.3 is 4.74 Å². The fraction of sp³-hybridized carbons (Fsp3) is 0.133. The number of carbonyl (C=O) groups is 1. The summed E-state index contributed by atoms with van der Waals surface area (Å²) in [4.78, 5) is 11.6. The number of nitrogens with zero attached hydrogens (tertiary/aromatic N) is 1. The lowest BCUT2D eigenvalue weighted by molar-refractivity contribution is -0.114. The molecule has 0 amide bonds. The lowest BCUT2D eigenvalue weighted by atomic mass is 10.1. The minimum atomic E-state index is -0.205. The van der Waals surface area contributed by atoms with Crippen molar-refractivity contribution in [1.29, 1.82) is 0 Å². The monoisotopic (exact) mass is 335 g/mol. The summed E-state index contributed by atoms with van der Waals surface area (Å²) < 4.78 is 5.59. The Bertz CT molecular complexity index is 590. The topological polar surface area (TPSA) is 49.8 Å². The molecule has 0 aliphatic heterocycles. The minimum absolute atomic E-state index is 0.205. The number of ether oxygens (including phenoxy) is 1. The summed E-state index contributed by atoms with van der Waals surface area (Å²) in [5, 5.41) is 11.0. The maximum Gasteiger partial charge on any atom is 0.221 e. The van der Waals surface area contributed by atoms with Crippen molar-refractivity contribution in [2.24, 2.45) is 0 Å². The summed E-state index contributed by atoms with van der Waals surface area (Å²) in [5.74, 6) is 0.0386. The Hall–Kier alpha value is -1.85. The van der Waals surface area contributed by atoms with Gasteiger partial charge in [0.2, 0.25) is 5.78 Å². The predicted molar refractivity (Wildman–Crippen MR) is 79.0 cm³/mol. The van der Waals surface area contributed by atoms with Crippen molar-refractivity contribution < 1.29 is 14.7 Å². The van der Waals surface area contributed by atoms with Gasteiger partial charge in [0.1, 0.15) is 0 Å². The number of hydroxylamine groups is 2. The van der Waals surface area contributed by atoms with Crippen LogP contribution in [0.3, 0.4) is 0 Å². The molecule has 0 saturated carbocycles. The average Bonchev–Trinajstić information content (AvgIpc) is 2.43. The van der Waals surface area contributed by atoms with Gasteiger partial charge in [-0.3, -0.25) is 15.1 Å². The van der Waals surface area contributed by atoms with Crippen LogP contribution in [0.15, 0.2) is 64.5 Å². The SMILES string of the molecule is COC1=CC(=CN(O)Cc2ccccc2)C(Br)=CC1=O. The Morgan fingerprint density at radius 2 is 2.00 bits per heavy atom. The molecule has 20 heavy (non-hydrogen) atoms. The van der Waals surface area contributed by atoms with Crippen LogP contribution in [0, 0.1) is 0 Å². The van der Waals surface area contributed by atoms with E-state index in [1.165, 1.54) is 13.2 Å². The van der Waals surface area contributed by atoms with Crippen LogP contribution >= 0.6 is 15.9 Å². The molecule has 104 valence electrons. The van der Waals surface area contributed by atoms with E-state index in [-0.39, 0.29) is 11.5 Å².